The van der Waals surface area contributed by atoms with Crippen LogP contribution in [0.3, 0.4) is 0 Å². The standard InChI is InChI=1S/C29H29BrN2O5/c1-4-37-26-15-18(11-19(30)29(26)34)28-27-22(31-20-7-5-6-8-21(20)32-28)12-17(13-23(27)33)16-9-10-24(35-2)25(14-16)36-3/h5-11,14-15,17,28,31-32,34H,4,12-13H2,1-3H3/t17-,28+/m1/s1. The first-order valence-corrected chi connectivity index (χ1v) is 13.0. The van der Waals surface area contributed by atoms with Crippen molar-refractivity contribution in [1.82, 2.24) is 0 Å². The lowest BCUT2D eigenvalue weighted by atomic mass is 9.78. The Kier molecular flexibility index (Phi) is 7.02. The molecule has 0 aromatic heterocycles. The van der Waals surface area contributed by atoms with Crippen molar-refractivity contribution in [3.63, 3.8) is 0 Å². The molecule has 0 saturated carbocycles. The molecule has 0 unspecified atom stereocenters. The number of carbonyl (C=O) groups excluding carboxylic acids is 1. The van der Waals surface area contributed by atoms with Crippen LogP contribution < -0.4 is 24.8 Å². The topological polar surface area (TPSA) is 89.1 Å². The number of ether oxygens (including phenoxy) is 3. The highest BCUT2D eigenvalue weighted by Crippen LogP contribution is 2.47. The predicted octanol–water partition coefficient (Wildman–Crippen LogP) is 6.55. The van der Waals surface area contributed by atoms with Gasteiger partial charge in [-0.15, -0.1) is 0 Å². The zero-order valence-electron chi connectivity index (χ0n) is 20.9. The summed E-state index contributed by atoms with van der Waals surface area (Å²) >= 11 is 3.46. The van der Waals surface area contributed by atoms with Crippen LogP contribution in [0.15, 0.2) is 70.3 Å². The number of aromatic hydroxyl groups is 1. The number of phenols is 1. The van der Waals surface area contributed by atoms with Gasteiger partial charge in [0.25, 0.3) is 0 Å². The van der Waals surface area contributed by atoms with Gasteiger partial charge < -0.3 is 30.0 Å². The van der Waals surface area contributed by atoms with Gasteiger partial charge in [0, 0.05) is 17.7 Å². The Morgan fingerprint density at radius 3 is 2.41 bits per heavy atom. The highest BCUT2D eigenvalue weighted by Gasteiger charge is 2.36. The second kappa shape index (κ2) is 10.4. The van der Waals surface area contributed by atoms with Crippen LogP contribution in [0.2, 0.25) is 0 Å². The Morgan fingerprint density at radius 2 is 1.68 bits per heavy atom. The van der Waals surface area contributed by atoms with Gasteiger partial charge in [0.1, 0.15) is 0 Å². The molecule has 3 aromatic rings. The number of allylic oxidation sites excluding steroid dienone is 1. The number of ketones is 1. The lowest BCUT2D eigenvalue weighted by molar-refractivity contribution is -0.116. The van der Waals surface area contributed by atoms with E-state index in [0.717, 1.165) is 28.2 Å². The number of phenolic OH excluding ortho intramolecular Hbond substituents is 1. The third-order valence-corrected chi connectivity index (χ3v) is 7.48. The number of anilines is 2. The second-order valence-corrected chi connectivity index (χ2v) is 9.92. The Morgan fingerprint density at radius 1 is 0.946 bits per heavy atom. The number of hydrogen-bond acceptors (Lipinski definition) is 7. The van der Waals surface area contributed by atoms with Crippen molar-refractivity contribution < 1.29 is 24.1 Å². The van der Waals surface area contributed by atoms with E-state index in [0.29, 0.717) is 46.7 Å². The Balaban J connectivity index is 1.60. The summed E-state index contributed by atoms with van der Waals surface area (Å²) in [6, 6.07) is 16.9. The molecule has 8 heteroatoms. The van der Waals surface area contributed by atoms with E-state index in [2.05, 4.69) is 26.6 Å². The van der Waals surface area contributed by atoms with Gasteiger partial charge in [-0.1, -0.05) is 18.2 Å². The highest BCUT2D eigenvalue weighted by molar-refractivity contribution is 9.10. The lowest BCUT2D eigenvalue weighted by Crippen LogP contribution is -2.27. The fraction of sp³-hybridized carbons (Fsp3) is 0.276. The second-order valence-electron chi connectivity index (χ2n) is 9.07. The molecule has 0 fully saturated rings. The fourth-order valence-corrected chi connectivity index (χ4v) is 5.57. The van der Waals surface area contributed by atoms with Gasteiger partial charge in [-0.3, -0.25) is 4.79 Å². The third kappa shape index (κ3) is 4.73. The van der Waals surface area contributed by atoms with Crippen molar-refractivity contribution in [2.24, 2.45) is 0 Å². The maximum atomic E-state index is 13.9. The van der Waals surface area contributed by atoms with Gasteiger partial charge in [0.05, 0.1) is 42.7 Å². The molecule has 0 radical (unpaired) electrons. The summed E-state index contributed by atoms with van der Waals surface area (Å²) in [4.78, 5) is 13.9. The first-order chi connectivity index (χ1) is 17.9. The normalized spacial score (nSPS) is 18.6. The summed E-state index contributed by atoms with van der Waals surface area (Å²) in [7, 11) is 3.22. The van der Waals surface area contributed by atoms with Gasteiger partial charge in [0.2, 0.25) is 0 Å². The molecule has 2 aliphatic rings. The molecular formula is C29H29BrN2O5. The van der Waals surface area contributed by atoms with Crippen molar-refractivity contribution in [2.45, 2.75) is 31.7 Å². The molecule has 0 amide bonds. The molecule has 1 aliphatic heterocycles. The maximum absolute atomic E-state index is 13.9. The van der Waals surface area contributed by atoms with E-state index in [1.165, 1.54) is 0 Å². The van der Waals surface area contributed by atoms with E-state index < -0.39 is 6.04 Å². The molecule has 1 heterocycles. The number of hydrogen-bond donors (Lipinski definition) is 3. The van der Waals surface area contributed by atoms with Crippen LogP contribution in [0.1, 0.15) is 42.9 Å². The minimum absolute atomic E-state index is 0.0185. The zero-order valence-corrected chi connectivity index (χ0v) is 22.5. The minimum Gasteiger partial charge on any atom is -0.503 e. The van der Waals surface area contributed by atoms with Crippen molar-refractivity contribution in [1.29, 1.82) is 0 Å². The number of carbonyl (C=O) groups is 1. The van der Waals surface area contributed by atoms with Crippen LogP contribution in [-0.2, 0) is 4.79 Å². The molecular weight excluding hydrogens is 536 g/mol. The first-order valence-electron chi connectivity index (χ1n) is 12.2. The number of benzene rings is 3. The quantitative estimate of drug-likeness (QED) is 0.312. The Bertz CT molecular complexity index is 1390. The molecule has 2 atom stereocenters. The number of fused-ring (bicyclic) bond motifs is 1. The molecule has 0 saturated heterocycles. The molecule has 0 bridgehead atoms. The van der Waals surface area contributed by atoms with E-state index in [-0.39, 0.29) is 17.5 Å². The molecule has 37 heavy (non-hydrogen) atoms. The molecule has 5 rings (SSSR count). The van der Waals surface area contributed by atoms with E-state index in [9.17, 15) is 9.90 Å². The van der Waals surface area contributed by atoms with Crippen molar-refractivity contribution >= 4 is 33.1 Å². The smallest absolute Gasteiger partial charge is 0.172 e. The SMILES string of the molecule is CCOc1cc([C@@H]2Nc3ccccc3NC3=C2C(=O)C[C@H](c2ccc(OC)c(OC)c2)C3)cc(Br)c1O. The number of nitrogens with one attached hydrogen (secondary N) is 2. The minimum atomic E-state index is -0.430. The third-order valence-electron chi connectivity index (χ3n) is 6.87. The van der Waals surface area contributed by atoms with Crippen LogP contribution >= 0.6 is 15.9 Å². The van der Waals surface area contributed by atoms with Crippen molar-refractivity contribution in [2.75, 3.05) is 31.5 Å². The zero-order chi connectivity index (χ0) is 26.1. The molecule has 3 aromatic carbocycles. The monoisotopic (exact) mass is 564 g/mol. The first kappa shape index (κ1) is 25.0. The number of rotatable bonds is 6. The van der Waals surface area contributed by atoms with Crippen LogP contribution in [0, 0.1) is 0 Å². The fourth-order valence-electron chi connectivity index (χ4n) is 5.11. The summed E-state index contributed by atoms with van der Waals surface area (Å²) in [6.45, 7) is 2.27. The molecule has 192 valence electrons. The molecule has 1 aliphatic carbocycles. The number of halogens is 1. The Labute approximate surface area is 224 Å². The van der Waals surface area contributed by atoms with Crippen LogP contribution in [0.25, 0.3) is 0 Å². The summed E-state index contributed by atoms with van der Waals surface area (Å²) in [5, 5.41) is 17.6. The van der Waals surface area contributed by atoms with E-state index in [4.69, 9.17) is 14.2 Å². The summed E-state index contributed by atoms with van der Waals surface area (Å²) in [6.07, 6.45) is 1.02. The number of Topliss-reactive ketones (excluding diaryl/α,β-unsaturated/α-hetero) is 1. The largest absolute Gasteiger partial charge is 0.503 e. The van der Waals surface area contributed by atoms with Crippen LogP contribution in [0.4, 0.5) is 11.4 Å². The number of methoxy groups -OCH3 is 2. The predicted molar refractivity (Wildman–Crippen MR) is 147 cm³/mol. The Hall–Kier alpha value is -3.65. The van der Waals surface area contributed by atoms with E-state index in [1.54, 1.807) is 20.3 Å². The summed E-state index contributed by atoms with van der Waals surface area (Å²) < 4.78 is 17.1. The van der Waals surface area contributed by atoms with E-state index in [1.807, 2.05) is 55.5 Å². The highest BCUT2D eigenvalue weighted by atomic mass is 79.9. The number of para-hydroxylation sites is 2. The average molecular weight is 565 g/mol. The van der Waals surface area contributed by atoms with Gasteiger partial charge in [-0.05, 0) is 82.7 Å². The van der Waals surface area contributed by atoms with Crippen LogP contribution in [0.5, 0.6) is 23.0 Å². The van der Waals surface area contributed by atoms with Gasteiger partial charge in [0.15, 0.2) is 28.8 Å². The van der Waals surface area contributed by atoms with Crippen molar-refractivity contribution in [3.8, 4) is 23.0 Å². The lowest BCUT2D eigenvalue weighted by Gasteiger charge is -2.30. The molecule has 0 spiro atoms. The summed E-state index contributed by atoms with van der Waals surface area (Å²) in [5.74, 6) is 1.74. The van der Waals surface area contributed by atoms with Gasteiger partial charge in [-0.2, -0.15) is 0 Å². The van der Waals surface area contributed by atoms with Gasteiger partial charge in [-0.25, -0.2) is 0 Å². The maximum Gasteiger partial charge on any atom is 0.172 e. The van der Waals surface area contributed by atoms with E-state index >= 15 is 0 Å². The van der Waals surface area contributed by atoms with Crippen LogP contribution in [-0.4, -0.2) is 31.7 Å². The average Bonchev–Trinajstić information content (AvgIpc) is 3.07. The molecule has 3 N–H and O–H groups in total. The summed E-state index contributed by atoms with van der Waals surface area (Å²) in [5.41, 5.74) is 5.19. The van der Waals surface area contributed by atoms with Crippen molar-refractivity contribution in [3.05, 3.63) is 81.5 Å². The van der Waals surface area contributed by atoms with Gasteiger partial charge >= 0.3 is 0 Å². The molecule has 7 nitrogen and oxygen atoms in total.